The van der Waals surface area contributed by atoms with Gasteiger partial charge in [-0.05, 0) is 23.8 Å². The molecule has 1 aromatic carbocycles. The summed E-state index contributed by atoms with van der Waals surface area (Å²) in [7, 11) is 1.73. The quantitative estimate of drug-likeness (QED) is 0.217. The third kappa shape index (κ3) is 5.91. The Morgan fingerprint density at radius 1 is 0.968 bits per heavy atom. The summed E-state index contributed by atoms with van der Waals surface area (Å²) < 4.78 is 7.86. The maximum absolute atomic E-state index is 5.92. The number of aromatic nitrogens is 4. The van der Waals surface area contributed by atoms with Gasteiger partial charge in [0.2, 0.25) is 5.88 Å². The summed E-state index contributed by atoms with van der Waals surface area (Å²) in [6.45, 7) is 1.49. The molecule has 31 heavy (non-hydrogen) atoms. The van der Waals surface area contributed by atoms with E-state index in [0.717, 1.165) is 22.6 Å². The van der Waals surface area contributed by atoms with Crippen molar-refractivity contribution in [1.29, 1.82) is 0 Å². The molecule has 0 bridgehead atoms. The molecule has 8 nitrogen and oxygen atoms in total. The lowest BCUT2D eigenvalue weighted by Crippen LogP contribution is -2.36. The number of aliphatic imine (C=N–C) groups is 1. The van der Waals surface area contributed by atoms with Gasteiger partial charge in [0.05, 0.1) is 6.54 Å². The van der Waals surface area contributed by atoms with Crippen molar-refractivity contribution in [3.63, 3.8) is 0 Å². The van der Waals surface area contributed by atoms with E-state index in [1.165, 1.54) is 0 Å². The highest BCUT2D eigenvalue weighted by atomic mass is 127. The molecule has 0 saturated carbocycles. The minimum Gasteiger partial charge on any atom is -0.473 e. The predicted molar refractivity (Wildman–Crippen MR) is 130 cm³/mol. The third-order valence-electron chi connectivity index (χ3n) is 4.54. The molecular weight excluding hydrogens is 505 g/mol. The Bertz CT molecular complexity index is 1130. The van der Waals surface area contributed by atoms with E-state index >= 15 is 0 Å². The first-order valence-electron chi connectivity index (χ1n) is 9.67. The molecule has 0 atom stereocenters. The predicted octanol–water partition coefficient (Wildman–Crippen LogP) is 3.19. The second-order valence-corrected chi connectivity index (χ2v) is 6.57. The number of ether oxygens (including phenoxy) is 1. The van der Waals surface area contributed by atoms with E-state index in [0.29, 0.717) is 31.5 Å². The van der Waals surface area contributed by atoms with Crippen LogP contribution in [-0.4, -0.2) is 32.6 Å². The van der Waals surface area contributed by atoms with Crippen LogP contribution in [-0.2, 0) is 19.7 Å². The number of fused-ring (bicyclic) bond motifs is 1. The fourth-order valence-electron chi connectivity index (χ4n) is 2.99. The number of pyridine rings is 2. The zero-order chi connectivity index (χ0) is 20.6. The molecule has 3 aromatic heterocycles. The zero-order valence-corrected chi connectivity index (χ0v) is 19.4. The fraction of sp³-hybridized carbons (Fsp3) is 0.182. The molecule has 0 aliphatic heterocycles. The van der Waals surface area contributed by atoms with Crippen LogP contribution in [0.5, 0.6) is 5.88 Å². The molecule has 0 fully saturated rings. The molecule has 0 spiro atoms. The largest absolute Gasteiger partial charge is 0.473 e. The molecular formula is C22H24IN7O. The van der Waals surface area contributed by atoms with Crippen molar-refractivity contribution in [2.45, 2.75) is 19.7 Å². The van der Waals surface area contributed by atoms with Crippen molar-refractivity contribution in [1.82, 2.24) is 30.2 Å². The molecule has 0 saturated heterocycles. The SMILES string of the molecule is CN=C(NCc1cccnc1OCc1ccccc1)NCc1nnc2ccccn12.I. The summed E-state index contributed by atoms with van der Waals surface area (Å²) in [5, 5.41) is 14.9. The van der Waals surface area contributed by atoms with Crippen LogP contribution in [0.2, 0.25) is 0 Å². The Morgan fingerprint density at radius 2 is 1.77 bits per heavy atom. The minimum absolute atomic E-state index is 0. The molecule has 0 aliphatic carbocycles. The zero-order valence-electron chi connectivity index (χ0n) is 17.1. The van der Waals surface area contributed by atoms with E-state index in [2.05, 4.69) is 30.8 Å². The van der Waals surface area contributed by atoms with E-state index < -0.39 is 0 Å². The monoisotopic (exact) mass is 529 g/mol. The van der Waals surface area contributed by atoms with Gasteiger partial charge in [0.1, 0.15) is 6.61 Å². The van der Waals surface area contributed by atoms with Crippen molar-refractivity contribution in [3.05, 3.63) is 90.0 Å². The van der Waals surface area contributed by atoms with Gasteiger partial charge < -0.3 is 15.4 Å². The first-order chi connectivity index (χ1) is 14.8. The molecule has 9 heteroatoms. The first kappa shape index (κ1) is 22.5. The Morgan fingerprint density at radius 3 is 2.61 bits per heavy atom. The number of benzene rings is 1. The number of hydrogen-bond acceptors (Lipinski definition) is 5. The van der Waals surface area contributed by atoms with Crippen molar-refractivity contribution in [2.75, 3.05) is 7.05 Å². The molecule has 0 unspecified atom stereocenters. The number of guanidine groups is 1. The molecule has 0 amide bonds. The van der Waals surface area contributed by atoms with E-state index in [-0.39, 0.29) is 24.0 Å². The van der Waals surface area contributed by atoms with Crippen LogP contribution in [0.25, 0.3) is 5.65 Å². The lowest BCUT2D eigenvalue weighted by Gasteiger charge is -2.14. The highest BCUT2D eigenvalue weighted by Crippen LogP contribution is 2.16. The lowest BCUT2D eigenvalue weighted by atomic mass is 10.2. The molecule has 160 valence electrons. The van der Waals surface area contributed by atoms with Crippen LogP contribution < -0.4 is 15.4 Å². The number of nitrogens with zero attached hydrogens (tertiary/aromatic N) is 5. The molecule has 2 N–H and O–H groups in total. The van der Waals surface area contributed by atoms with Crippen LogP contribution >= 0.6 is 24.0 Å². The van der Waals surface area contributed by atoms with Gasteiger partial charge in [-0.1, -0.05) is 42.5 Å². The standard InChI is InChI=1S/C22H23N7O.HI/c1-23-22(26-15-20-28-27-19-11-5-6-13-29(19)20)25-14-18-10-7-12-24-21(18)30-16-17-8-3-2-4-9-17;/h2-13H,14-16H2,1H3,(H2,23,25,26);1H. The third-order valence-corrected chi connectivity index (χ3v) is 4.54. The van der Waals surface area contributed by atoms with Crippen LogP contribution in [0.1, 0.15) is 17.0 Å². The van der Waals surface area contributed by atoms with Crippen LogP contribution in [0.3, 0.4) is 0 Å². The summed E-state index contributed by atoms with van der Waals surface area (Å²) in [4.78, 5) is 8.66. The number of halogens is 1. The van der Waals surface area contributed by atoms with E-state index in [4.69, 9.17) is 4.74 Å². The van der Waals surface area contributed by atoms with E-state index in [9.17, 15) is 0 Å². The molecule has 0 aliphatic rings. The van der Waals surface area contributed by atoms with Crippen molar-refractivity contribution in [2.24, 2.45) is 4.99 Å². The van der Waals surface area contributed by atoms with Gasteiger partial charge in [-0.3, -0.25) is 9.39 Å². The Kier molecular flexibility index (Phi) is 8.16. The lowest BCUT2D eigenvalue weighted by molar-refractivity contribution is 0.290. The summed E-state index contributed by atoms with van der Waals surface area (Å²) in [5.74, 6) is 2.06. The van der Waals surface area contributed by atoms with E-state index in [1.54, 1.807) is 13.2 Å². The van der Waals surface area contributed by atoms with Gasteiger partial charge in [0.15, 0.2) is 17.4 Å². The summed E-state index contributed by atoms with van der Waals surface area (Å²) in [6, 6.07) is 19.7. The smallest absolute Gasteiger partial charge is 0.218 e. The Balaban J connectivity index is 0.00000272. The van der Waals surface area contributed by atoms with Gasteiger partial charge in [-0.15, -0.1) is 34.2 Å². The highest BCUT2D eigenvalue weighted by Gasteiger charge is 2.08. The van der Waals surface area contributed by atoms with Gasteiger partial charge in [-0.25, -0.2) is 4.98 Å². The van der Waals surface area contributed by atoms with Gasteiger partial charge in [-0.2, -0.15) is 0 Å². The van der Waals surface area contributed by atoms with Gasteiger partial charge in [0.25, 0.3) is 0 Å². The maximum atomic E-state index is 5.92. The fourth-order valence-corrected chi connectivity index (χ4v) is 2.99. The average Bonchev–Trinajstić information content (AvgIpc) is 3.22. The van der Waals surface area contributed by atoms with Crippen molar-refractivity contribution >= 4 is 35.6 Å². The molecule has 3 heterocycles. The Hall–Kier alpha value is -3.21. The molecule has 4 rings (SSSR count). The molecule has 4 aromatic rings. The van der Waals surface area contributed by atoms with Gasteiger partial charge in [0, 0.05) is 31.5 Å². The number of hydrogen-bond donors (Lipinski definition) is 2. The van der Waals surface area contributed by atoms with Crippen molar-refractivity contribution < 1.29 is 4.74 Å². The number of nitrogens with one attached hydrogen (secondary N) is 2. The minimum atomic E-state index is 0. The summed E-state index contributed by atoms with van der Waals surface area (Å²) in [6.07, 6.45) is 3.67. The maximum Gasteiger partial charge on any atom is 0.218 e. The van der Waals surface area contributed by atoms with Crippen LogP contribution in [0.15, 0.2) is 78.0 Å². The van der Waals surface area contributed by atoms with Gasteiger partial charge >= 0.3 is 0 Å². The number of rotatable bonds is 7. The average molecular weight is 529 g/mol. The van der Waals surface area contributed by atoms with Crippen LogP contribution in [0, 0.1) is 0 Å². The molecule has 0 radical (unpaired) electrons. The first-order valence-corrected chi connectivity index (χ1v) is 9.67. The summed E-state index contributed by atoms with van der Waals surface area (Å²) in [5.41, 5.74) is 2.86. The topological polar surface area (TPSA) is 88.7 Å². The second-order valence-electron chi connectivity index (χ2n) is 6.57. The highest BCUT2D eigenvalue weighted by molar-refractivity contribution is 14.0. The van der Waals surface area contributed by atoms with Crippen molar-refractivity contribution in [3.8, 4) is 5.88 Å². The normalized spacial score (nSPS) is 11.1. The van der Waals surface area contributed by atoms with Crippen LogP contribution in [0.4, 0.5) is 0 Å². The van der Waals surface area contributed by atoms with E-state index in [1.807, 2.05) is 71.3 Å². The second kappa shape index (κ2) is 11.3. The summed E-state index contributed by atoms with van der Waals surface area (Å²) >= 11 is 0. The Labute approximate surface area is 197 Å².